The van der Waals surface area contributed by atoms with Crippen molar-refractivity contribution in [1.29, 1.82) is 0 Å². The van der Waals surface area contributed by atoms with E-state index in [0.717, 1.165) is 44.8 Å². The summed E-state index contributed by atoms with van der Waals surface area (Å²) in [6, 6.07) is 9.97. The molecule has 12 heteroatoms. The van der Waals surface area contributed by atoms with Gasteiger partial charge in [-0.05, 0) is 43.5 Å². The number of pyridine rings is 1. The normalized spacial score (nSPS) is 23.7. The number of hydrogen-bond donors (Lipinski definition) is 2. The van der Waals surface area contributed by atoms with E-state index in [1.165, 1.54) is 6.07 Å². The number of nitrogens with zero attached hydrogens (tertiary/aromatic N) is 3. The third kappa shape index (κ3) is 4.92. The van der Waals surface area contributed by atoms with Crippen LogP contribution in [0, 0.1) is 5.41 Å². The average molecular weight is 563 g/mol. The van der Waals surface area contributed by atoms with Crippen LogP contribution in [0.25, 0.3) is 0 Å². The Morgan fingerprint density at radius 2 is 1.89 bits per heavy atom. The Morgan fingerprint density at radius 1 is 1.13 bits per heavy atom. The van der Waals surface area contributed by atoms with Gasteiger partial charge in [-0.25, -0.2) is 9.71 Å². The van der Waals surface area contributed by atoms with Crippen LogP contribution in [0.2, 0.25) is 5.02 Å². The third-order valence-corrected chi connectivity index (χ3v) is 9.46. The maximum absolute atomic E-state index is 13.2. The van der Waals surface area contributed by atoms with Gasteiger partial charge in [-0.1, -0.05) is 17.7 Å². The number of carbonyl (C=O) groups excluding carboxylic acids is 1. The number of aromatic nitrogens is 1. The van der Waals surface area contributed by atoms with E-state index in [0.29, 0.717) is 48.9 Å². The minimum absolute atomic E-state index is 0.243. The van der Waals surface area contributed by atoms with E-state index in [2.05, 4.69) is 14.6 Å². The van der Waals surface area contributed by atoms with Crippen molar-refractivity contribution in [3.05, 3.63) is 41.4 Å². The van der Waals surface area contributed by atoms with E-state index in [1.807, 2.05) is 11.0 Å². The van der Waals surface area contributed by atoms with E-state index in [9.17, 15) is 18.3 Å². The number of halogens is 1. The zero-order chi connectivity index (χ0) is 26.5. The molecule has 1 aliphatic carbocycles. The molecular formula is C26H31ClN4O6S. The molecule has 1 spiro atoms. The second kappa shape index (κ2) is 9.55. The molecule has 4 aliphatic rings. The molecule has 1 saturated carbocycles. The van der Waals surface area contributed by atoms with Gasteiger partial charge in [0.25, 0.3) is 15.9 Å². The van der Waals surface area contributed by atoms with E-state index in [-0.39, 0.29) is 10.4 Å². The maximum atomic E-state index is 13.2. The fourth-order valence-electron chi connectivity index (χ4n) is 5.53. The predicted octanol–water partition coefficient (Wildman–Crippen LogP) is 2.34. The standard InChI is InChI=1S/C26H31ClN4O6S/c27-18-4-5-20(31-16-25(17-31)9-12-36-13-10-25)21(14-18)37-26(7-8-26)24(33)29-38(34,35)23-3-1-2-22(28-23)30-11-6-19(32)15-30/h1-5,14,19,32H,6-13,15-17H2,(H,29,33)/t19-/m0/s1. The highest BCUT2D eigenvalue weighted by Gasteiger charge is 2.55. The van der Waals surface area contributed by atoms with E-state index >= 15 is 0 Å². The van der Waals surface area contributed by atoms with Crippen molar-refractivity contribution in [3.63, 3.8) is 0 Å². The van der Waals surface area contributed by atoms with Crippen LogP contribution in [0.5, 0.6) is 5.75 Å². The van der Waals surface area contributed by atoms with Crippen LogP contribution in [-0.2, 0) is 19.6 Å². The van der Waals surface area contributed by atoms with Crippen LogP contribution in [-0.4, -0.2) is 75.5 Å². The Labute approximate surface area is 226 Å². The lowest BCUT2D eigenvalue weighted by Crippen LogP contribution is -2.58. The molecule has 3 saturated heterocycles. The summed E-state index contributed by atoms with van der Waals surface area (Å²) in [4.78, 5) is 21.5. The summed E-state index contributed by atoms with van der Waals surface area (Å²) in [6.07, 6.45) is 2.93. The minimum Gasteiger partial charge on any atom is -0.475 e. The fraction of sp³-hybridized carbons (Fsp3) is 0.538. The lowest BCUT2D eigenvalue weighted by atomic mass is 9.73. The van der Waals surface area contributed by atoms with Crippen LogP contribution < -0.4 is 19.3 Å². The number of benzene rings is 1. The van der Waals surface area contributed by atoms with Crippen molar-refractivity contribution >= 4 is 39.0 Å². The average Bonchev–Trinajstić information content (AvgIpc) is 3.54. The highest BCUT2D eigenvalue weighted by Crippen LogP contribution is 2.48. The Kier molecular flexibility index (Phi) is 6.45. The predicted molar refractivity (Wildman–Crippen MR) is 141 cm³/mol. The summed E-state index contributed by atoms with van der Waals surface area (Å²) in [5.41, 5.74) is -0.201. The van der Waals surface area contributed by atoms with Gasteiger partial charge in [-0.15, -0.1) is 0 Å². The number of β-amino-alcohol motifs (C(OH)–C–C–N with tert-alkyl or cyclic N) is 1. The summed E-state index contributed by atoms with van der Waals surface area (Å²) >= 11 is 6.28. The van der Waals surface area contributed by atoms with Gasteiger partial charge in [0.15, 0.2) is 10.6 Å². The molecule has 204 valence electrons. The summed E-state index contributed by atoms with van der Waals surface area (Å²) in [6.45, 7) is 4.25. The maximum Gasteiger partial charge on any atom is 0.281 e. The van der Waals surface area contributed by atoms with Crippen LogP contribution in [0.1, 0.15) is 32.1 Å². The Bertz CT molecular complexity index is 1340. The van der Waals surface area contributed by atoms with E-state index in [1.54, 1.807) is 24.3 Å². The quantitative estimate of drug-likeness (QED) is 0.523. The number of sulfonamides is 1. The molecule has 2 N–H and O–H groups in total. The first-order valence-electron chi connectivity index (χ1n) is 13.0. The second-order valence-electron chi connectivity index (χ2n) is 10.8. The van der Waals surface area contributed by atoms with Crippen molar-refractivity contribution in [2.24, 2.45) is 5.41 Å². The number of amides is 1. The first-order valence-corrected chi connectivity index (χ1v) is 14.8. The van der Waals surface area contributed by atoms with Gasteiger partial charge in [-0.2, -0.15) is 8.42 Å². The molecule has 4 fully saturated rings. The number of ether oxygens (including phenoxy) is 2. The number of rotatable bonds is 7. The van der Waals surface area contributed by atoms with Gasteiger partial charge in [0.05, 0.1) is 11.8 Å². The van der Waals surface area contributed by atoms with Gasteiger partial charge >= 0.3 is 0 Å². The molecule has 1 aromatic heterocycles. The Balaban J connectivity index is 1.17. The number of carbonyl (C=O) groups is 1. The van der Waals surface area contributed by atoms with Gasteiger partial charge < -0.3 is 24.4 Å². The molecule has 0 bridgehead atoms. The molecule has 1 aromatic carbocycles. The van der Waals surface area contributed by atoms with E-state index < -0.39 is 27.6 Å². The lowest BCUT2D eigenvalue weighted by Gasteiger charge is -2.53. The fourth-order valence-corrected chi connectivity index (χ4v) is 6.70. The summed E-state index contributed by atoms with van der Waals surface area (Å²) in [5.74, 6) is 0.184. The van der Waals surface area contributed by atoms with Gasteiger partial charge in [0.1, 0.15) is 11.6 Å². The molecule has 0 radical (unpaired) electrons. The first kappa shape index (κ1) is 25.7. The molecule has 3 aliphatic heterocycles. The van der Waals surface area contributed by atoms with Crippen LogP contribution in [0.3, 0.4) is 0 Å². The molecule has 0 unspecified atom stereocenters. The summed E-state index contributed by atoms with van der Waals surface area (Å²) in [5, 5.41) is 10.0. The second-order valence-corrected chi connectivity index (χ2v) is 12.9. The number of aliphatic hydroxyl groups is 1. The summed E-state index contributed by atoms with van der Waals surface area (Å²) in [7, 11) is -4.24. The zero-order valence-electron chi connectivity index (χ0n) is 20.9. The minimum atomic E-state index is -4.24. The van der Waals surface area contributed by atoms with Gasteiger partial charge in [0, 0.05) is 68.7 Å². The monoisotopic (exact) mass is 562 g/mol. The molecule has 6 rings (SSSR count). The molecule has 4 heterocycles. The molecule has 38 heavy (non-hydrogen) atoms. The van der Waals surface area contributed by atoms with Crippen molar-refractivity contribution in [2.75, 3.05) is 49.2 Å². The van der Waals surface area contributed by atoms with Crippen LogP contribution in [0.4, 0.5) is 11.5 Å². The number of nitrogens with one attached hydrogen (secondary N) is 1. The number of anilines is 2. The number of aliphatic hydroxyl groups excluding tert-OH is 1. The number of hydrogen-bond acceptors (Lipinski definition) is 9. The molecular weight excluding hydrogens is 532 g/mol. The van der Waals surface area contributed by atoms with Crippen molar-refractivity contribution in [3.8, 4) is 5.75 Å². The van der Waals surface area contributed by atoms with E-state index in [4.69, 9.17) is 21.1 Å². The Hall–Kier alpha value is -2.60. The van der Waals surface area contributed by atoms with Crippen LogP contribution >= 0.6 is 11.6 Å². The topological polar surface area (TPSA) is 121 Å². The molecule has 1 atom stereocenters. The zero-order valence-corrected chi connectivity index (χ0v) is 22.5. The smallest absolute Gasteiger partial charge is 0.281 e. The lowest BCUT2D eigenvalue weighted by molar-refractivity contribution is -0.127. The highest BCUT2D eigenvalue weighted by molar-refractivity contribution is 7.90. The van der Waals surface area contributed by atoms with Crippen molar-refractivity contribution < 1.29 is 27.8 Å². The van der Waals surface area contributed by atoms with Crippen LogP contribution in [0.15, 0.2) is 41.4 Å². The van der Waals surface area contributed by atoms with Crippen molar-refractivity contribution in [1.82, 2.24) is 9.71 Å². The largest absolute Gasteiger partial charge is 0.475 e. The summed E-state index contributed by atoms with van der Waals surface area (Å²) < 4.78 is 40.1. The third-order valence-electron chi connectivity index (χ3n) is 7.99. The van der Waals surface area contributed by atoms with Gasteiger partial charge in [0.2, 0.25) is 0 Å². The molecule has 10 nitrogen and oxygen atoms in total. The molecule has 1 amide bonds. The first-order chi connectivity index (χ1) is 18.2. The van der Waals surface area contributed by atoms with Gasteiger partial charge in [-0.3, -0.25) is 4.79 Å². The SMILES string of the molecule is O=C(NS(=O)(=O)c1cccc(N2CC[C@H](O)C2)n1)C1(Oc2cc(Cl)ccc2N2CC3(CCOCC3)C2)CC1. The molecule has 2 aromatic rings. The van der Waals surface area contributed by atoms with Crippen molar-refractivity contribution in [2.45, 2.75) is 48.8 Å². The Morgan fingerprint density at radius 3 is 2.58 bits per heavy atom. The highest BCUT2D eigenvalue weighted by atomic mass is 35.5.